The van der Waals surface area contributed by atoms with Crippen molar-refractivity contribution in [2.24, 2.45) is 0 Å². The van der Waals surface area contributed by atoms with Crippen molar-refractivity contribution < 1.29 is 9.84 Å². The van der Waals surface area contributed by atoms with Gasteiger partial charge in [0.25, 0.3) is 0 Å². The Morgan fingerprint density at radius 3 is 3.22 bits per heavy atom. The Labute approximate surface area is 59.6 Å². The van der Waals surface area contributed by atoms with Gasteiger partial charge in [0, 0.05) is 11.5 Å². The van der Waals surface area contributed by atoms with Gasteiger partial charge in [-0.1, -0.05) is 0 Å². The monoisotopic (exact) mass is 148 g/mol. The van der Waals surface area contributed by atoms with E-state index < -0.39 is 5.60 Å². The molecule has 1 atom stereocenters. The first-order valence-corrected chi connectivity index (χ1v) is 4.24. The molecule has 1 N–H and O–H groups in total. The molecule has 1 saturated heterocycles. The third-order valence-electron chi connectivity index (χ3n) is 1.20. The molecule has 0 aromatic heterocycles. The Bertz CT molecular complexity index is 83.1. The number of hydrogen-bond donors (Lipinski definition) is 1. The zero-order valence-corrected chi connectivity index (χ0v) is 6.41. The van der Waals surface area contributed by atoms with Gasteiger partial charge in [-0.25, -0.2) is 0 Å². The quantitative estimate of drug-likeness (QED) is 0.542. The molecular weight excluding hydrogens is 136 g/mol. The van der Waals surface area contributed by atoms with E-state index in [1.807, 2.05) is 6.92 Å². The lowest BCUT2D eigenvalue weighted by molar-refractivity contribution is -0.00893. The molecule has 1 fully saturated rings. The zero-order chi connectivity index (χ0) is 6.74. The summed E-state index contributed by atoms with van der Waals surface area (Å²) in [6.07, 6.45) is 0. The van der Waals surface area contributed by atoms with E-state index in [0.717, 1.165) is 18.1 Å². The molecule has 0 radical (unpaired) electrons. The maximum absolute atomic E-state index is 9.41. The van der Waals surface area contributed by atoms with E-state index in [1.165, 1.54) is 0 Å². The van der Waals surface area contributed by atoms with Gasteiger partial charge in [0.05, 0.1) is 18.8 Å². The molecule has 0 bridgehead atoms. The topological polar surface area (TPSA) is 29.5 Å². The van der Waals surface area contributed by atoms with Crippen LogP contribution in [0.5, 0.6) is 0 Å². The van der Waals surface area contributed by atoms with Crippen LogP contribution in [0, 0.1) is 0 Å². The van der Waals surface area contributed by atoms with Crippen LogP contribution in [0.1, 0.15) is 6.92 Å². The first kappa shape index (κ1) is 7.38. The first-order chi connectivity index (χ1) is 4.21. The third-order valence-corrected chi connectivity index (χ3v) is 2.48. The van der Waals surface area contributed by atoms with E-state index in [-0.39, 0.29) is 0 Å². The van der Waals surface area contributed by atoms with E-state index >= 15 is 0 Å². The van der Waals surface area contributed by atoms with E-state index in [0.29, 0.717) is 6.61 Å². The molecule has 0 saturated carbocycles. The minimum atomic E-state index is -0.596. The predicted molar refractivity (Wildman–Crippen MR) is 38.8 cm³/mol. The van der Waals surface area contributed by atoms with Crippen molar-refractivity contribution in [2.75, 3.05) is 24.7 Å². The summed E-state index contributed by atoms with van der Waals surface area (Å²) in [5, 5.41) is 9.41. The van der Waals surface area contributed by atoms with Crippen molar-refractivity contribution in [1.82, 2.24) is 0 Å². The normalized spacial score (nSPS) is 38.0. The highest BCUT2D eigenvalue weighted by Crippen LogP contribution is 2.16. The molecule has 1 aliphatic heterocycles. The highest BCUT2D eigenvalue weighted by molar-refractivity contribution is 7.99. The lowest BCUT2D eigenvalue weighted by atomic mass is 10.2. The maximum atomic E-state index is 9.41. The van der Waals surface area contributed by atoms with Crippen LogP contribution < -0.4 is 0 Å². The summed E-state index contributed by atoms with van der Waals surface area (Å²) in [6, 6.07) is 0. The lowest BCUT2D eigenvalue weighted by Crippen LogP contribution is -2.31. The number of ether oxygens (including phenoxy) is 1. The van der Waals surface area contributed by atoms with Gasteiger partial charge in [-0.3, -0.25) is 0 Å². The van der Waals surface area contributed by atoms with Gasteiger partial charge in [0.15, 0.2) is 0 Å². The molecule has 0 aliphatic carbocycles. The molecule has 0 aromatic carbocycles. The van der Waals surface area contributed by atoms with E-state index in [2.05, 4.69) is 0 Å². The summed E-state index contributed by atoms with van der Waals surface area (Å²) in [6.45, 7) is 3.08. The molecule has 0 aromatic rings. The summed E-state index contributed by atoms with van der Waals surface area (Å²) >= 11 is 1.75. The van der Waals surface area contributed by atoms with Crippen LogP contribution in [0.3, 0.4) is 0 Å². The second-order valence-corrected chi connectivity index (χ2v) is 3.71. The van der Waals surface area contributed by atoms with Crippen LogP contribution >= 0.6 is 11.8 Å². The summed E-state index contributed by atoms with van der Waals surface area (Å²) in [5.74, 6) is 1.81. The van der Waals surface area contributed by atoms with Gasteiger partial charge in [0.2, 0.25) is 0 Å². The number of aliphatic hydroxyl groups is 1. The average Bonchev–Trinajstić information content (AvgIpc) is 1.92. The Balaban J connectivity index is 2.36. The number of rotatable bonds is 0. The summed E-state index contributed by atoms with van der Waals surface area (Å²) < 4.78 is 5.14. The van der Waals surface area contributed by atoms with Crippen molar-refractivity contribution in [1.29, 1.82) is 0 Å². The number of hydrogen-bond acceptors (Lipinski definition) is 3. The van der Waals surface area contributed by atoms with Crippen LogP contribution in [0.15, 0.2) is 0 Å². The van der Waals surface area contributed by atoms with Gasteiger partial charge in [0.1, 0.15) is 0 Å². The third kappa shape index (κ3) is 2.56. The molecule has 0 amide bonds. The molecular formula is C6H12O2S. The highest BCUT2D eigenvalue weighted by Gasteiger charge is 2.22. The standard InChI is InChI=1S/C6H12O2S/c1-6(7)4-8-2-3-9-5-6/h7H,2-5H2,1H3. The Morgan fingerprint density at radius 2 is 2.44 bits per heavy atom. The molecule has 1 rings (SSSR count). The van der Waals surface area contributed by atoms with Crippen molar-refractivity contribution in [2.45, 2.75) is 12.5 Å². The Kier molecular flexibility index (Phi) is 2.38. The highest BCUT2D eigenvalue weighted by atomic mass is 32.2. The van der Waals surface area contributed by atoms with Gasteiger partial charge < -0.3 is 9.84 Å². The fourth-order valence-corrected chi connectivity index (χ4v) is 1.65. The molecule has 1 heterocycles. The minimum Gasteiger partial charge on any atom is -0.387 e. The molecule has 54 valence electrons. The van der Waals surface area contributed by atoms with Crippen LogP contribution in [0.2, 0.25) is 0 Å². The van der Waals surface area contributed by atoms with Crippen LogP contribution in [0.4, 0.5) is 0 Å². The van der Waals surface area contributed by atoms with Gasteiger partial charge in [-0.15, -0.1) is 0 Å². The first-order valence-electron chi connectivity index (χ1n) is 3.09. The maximum Gasteiger partial charge on any atom is 0.0941 e. The van der Waals surface area contributed by atoms with E-state index in [9.17, 15) is 5.11 Å². The zero-order valence-electron chi connectivity index (χ0n) is 5.59. The van der Waals surface area contributed by atoms with Crippen LogP contribution in [0.25, 0.3) is 0 Å². The molecule has 3 heteroatoms. The van der Waals surface area contributed by atoms with Crippen molar-refractivity contribution >= 4 is 11.8 Å². The second-order valence-electron chi connectivity index (χ2n) is 2.60. The summed E-state index contributed by atoms with van der Waals surface area (Å²) in [7, 11) is 0. The van der Waals surface area contributed by atoms with Gasteiger partial charge >= 0.3 is 0 Å². The van der Waals surface area contributed by atoms with E-state index in [1.54, 1.807) is 11.8 Å². The van der Waals surface area contributed by atoms with Crippen LogP contribution in [-0.4, -0.2) is 35.4 Å². The summed E-state index contributed by atoms with van der Waals surface area (Å²) in [5.41, 5.74) is -0.596. The minimum absolute atomic E-state index is 0.486. The van der Waals surface area contributed by atoms with Crippen molar-refractivity contribution in [3.63, 3.8) is 0 Å². The smallest absolute Gasteiger partial charge is 0.0941 e. The SMILES string of the molecule is CC1(O)COCCSC1. The molecule has 9 heavy (non-hydrogen) atoms. The van der Waals surface area contributed by atoms with Crippen LogP contribution in [-0.2, 0) is 4.74 Å². The number of thioether (sulfide) groups is 1. The van der Waals surface area contributed by atoms with E-state index in [4.69, 9.17) is 4.74 Å². The fourth-order valence-electron chi connectivity index (χ4n) is 0.744. The predicted octanol–water partition coefficient (Wildman–Crippen LogP) is 0.501. The second kappa shape index (κ2) is 2.90. The fraction of sp³-hybridized carbons (Fsp3) is 1.00. The largest absolute Gasteiger partial charge is 0.387 e. The van der Waals surface area contributed by atoms with Gasteiger partial charge in [-0.2, -0.15) is 11.8 Å². The lowest BCUT2D eigenvalue weighted by Gasteiger charge is -2.18. The molecule has 1 aliphatic rings. The molecule has 1 unspecified atom stereocenters. The molecule has 2 nitrogen and oxygen atoms in total. The van der Waals surface area contributed by atoms with Crippen molar-refractivity contribution in [3.8, 4) is 0 Å². The Hall–Kier alpha value is 0.270. The molecule has 0 spiro atoms. The Morgan fingerprint density at radius 1 is 1.67 bits per heavy atom. The summed E-state index contributed by atoms with van der Waals surface area (Å²) in [4.78, 5) is 0. The van der Waals surface area contributed by atoms with Gasteiger partial charge in [-0.05, 0) is 6.92 Å². The average molecular weight is 148 g/mol. The van der Waals surface area contributed by atoms with Crippen molar-refractivity contribution in [3.05, 3.63) is 0 Å².